The Balaban J connectivity index is 1.50. The van der Waals surface area contributed by atoms with E-state index in [-0.39, 0.29) is 34.4 Å². The van der Waals surface area contributed by atoms with E-state index in [0.717, 1.165) is 26.8 Å². The number of methoxy groups -OCH3 is 2. The minimum atomic E-state index is -0.941. The van der Waals surface area contributed by atoms with Gasteiger partial charge in [-0.3, -0.25) is 14.9 Å². The number of halogens is 2. The Morgan fingerprint density at radius 1 is 0.932 bits per heavy atom. The van der Waals surface area contributed by atoms with Gasteiger partial charge in [-0.2, -0.15) is 0 Å². The van der Waals surface area contributed by atoms with Gasteiger partial charge in [-0.1, -0.05) is 48.0 Å². The summed E-state index contributed by atoms with van der Waals surface area (Å²) in [6.07, 6.45) is 1.38. The number of nitrogens with one attached hydrogen (secondary N) is 1. The Labute approximate surface area is 267 Å². The Hall–Kier alpha value is -4.54. The number of benzene rings is 4. The van der Waals surface area contributed by atoms with Crippen LogP contribution in [0.1, 0.15) is 23.6 Å². The number of fused-ring (bicyclic) bond motifs is 1. The summed E-state index contributed by atoms with van der Waals surface area (Å²) in [4.78, 5) is 40.2. The molecule has 1 fully saturated rings. The van der Waals surface area contributed by atoms with Gasteiger partial charge in [0.2, 0.25) is 0 Å². The lowest BCUT2D eigenvalue weighted by Crippen LogP contribution is -2.54. The molecule has 1 aliphatic heterocycles. The lowest BCUT2D eigenvalue weighted by molar-refractivity contribution is -0.122. The maximum absolute atomic E-state index is 13.6. The van der Waals surface area contributed by atoms with E-state index >= 15 is 0 Å². The summed E-state index contributed by atoms with van der Waals surface area (Å²) in [5, 5.41) is 4.64. The summed E-state index contributed by atoms with van der Waals surface area (Å²) in [5.41, 5.74) is 2.37. The Morgan fingerprint density at radius 3 is 2.41 bits per heavy atom. The molecule has 9 nitrogen and oxygen atoms in total. The predicted octanol–water partition coefficient (Wildman–Crippen LogP) is 7.23. The Bertz CT molecular complexity index is 1840. The zero-order chi connectivity index (χ0) is 31.5. The van der Waals surface area contributed by atoms with Gasteiger partial charge in [0.1, 0.15) is 23.7 Å². The molecule has 0 saturated carbocycles. The van der Waals surface area contributed by atoms with Crippen molar-refractivity contribution in [3.8, 4) is 23.0 Å². The number of carbonyl (C=O) groups is 3. The summed E-state index contributed by atoms with van der Waals surface area (Å²) < 4.78 is 23.4. The van der Waals surface area contributed by atoms with E-state index in [1.807, 2.05) is 26.0 Å². The van der Waals surface area contributed by atoms with Crippen LogP contribution in [0, 0.1) is 6.92 Å². The van der Waals surface area contributed by atoms with Crippen LogP contribution in [0.4, 0.5) is 10.5 Å². The van der Waals surface area contributed by atoms with Gasteiger partial charge < -0.3 is 18.9 Å². The first-order chi connectivity index (χ1) is 21.2. The normalized spacial score (nSPS) is 14.2. The van der Waals surface area contributed by atoms with Crippen molar-refractivity contribution in [1.82, 2.24) is 5.32 Å². The molecule has 44 heavy (non-hydrogen) atoms. The highest BCUT2D eigenvalue weighted by Crippen LogP contribution is 2.41. The van der Waals surface area contributed by atoms with Crippen LogP contribution in [0.5, 0.6) is 23.0 Å². The second-order valence-corrected chi connectivity index (χ2v) is 11.0. The number of amides is 4. The minimum Gasteiger partial charge on any atom is -0.495 e. The fourth-order valence-corrected chi connectivity index (χ4v) is 5.72. The van der Waals surface area contributed by atoms with Crippen molar-refractivity contribution in [2.45, 2.75) is 20.5 Å². The number of ether oxygens (including phenoxy) is 4. The van der Waals surface area contributed by atoms with Crippen molar-refractivity contribution in [3.05, 3.63) is 92.4 Å². The number of barbiturate groups is 1. The first kappa shape index (κ1) is 30.9. The topological polar surface area (TPSA) is 103 Å². The monoisotopic (exact) mass is 678 g/mol. The van der Waals surface area contributed by atoms with Gasteiger partial charge >= 0.3 is 6.03 Å². The van der Waals surface area contributed by atoms with Crippen molar-refractivity contribution < 1.29 is 33.3 Å². The van der Waals surface area contributed by atoms with Crippen LogP contribution in [0.3, 0.4) is 0 Å². The van der Waals surface area contributed by atoms with E-state index in [2.05, 4.69) is 45.5 Å². The van der Waals surface area contributed by atoms with Gasteiger partial charge in [0.15, 0.2) is 11.5 Å². The number of hydrogen-bond donors (Lipinski definition) is 1. The number of rotatable bonds is 9. The molecule has 1 saturated heterocycles. The summed E-state index contributed by atoms with van der Waals surface area (Å²) in [5.74, 6) is -0.482. The molecule has 0 unspecified atom stereocenters. The van der Waals surface area contributed by atoms with Gasteiger partial charge in [0.25, 0.3) is 11.8 Å². The maximum Gasteiger partial charge on any atom is 0.336 e. The number of aryl methyl sites for hydroxylation is 1. The van der Waals surface area contributed by atoms with Gasteiger partial charge in [0.05, 0.1) is 36.0 Å². The van der Waals surface area contributed by atoms with Crippen molar-refractivity contribution in [1.29, 1.82) is 0 Å². The van der Waals surface area contributed by atoms with Crippen LogP contribution < -0.4 is 29.2 Å². The molecule has 1 N–H and O–H groups in total. The van der Waals surface area contributed by atoms with Crippen molar-refractivity contribution in [3.63, 3.8) is 0 Å². The van der Waals surface area contributed by atoms with Crippen molar-refractivity contribution >= 4 is 67.9 Å². The molecule has 11 heteroatoms. The third-order valence-electron chi connectivity index (χ3n) is 7.07. The maximum atomic E-state index is 13.6. The van der Waals surface area contributed by atoms with Crippen LogP contribution in [0.2, 0.25) is 5.02 Å². The minimum absolute atomic E-state index is 0.0540. The van der Waals surface area contributed by atoms with Crippen molar-refractivity contribution in [2.24, 2.45) is 0 Å². The summed E-state index contributed by atoms with van der Waals surface area (Å²) in [6.45, 7) is 4.51. The predicted molar refractivity (Wildman–Crippen MR) is 172 cm³/mol. The van der Waals surface area contributed by atoms with Gasteiger partial charge in [-0.25, -0.2) is 9.69 Å². The van der Waals surface area contributed by atoms with E-state index in [1.54, 1.807) is 12.1 Å². The van der Waals surface area contributed by atoms with E-state index in [4.69, 9.17) is 30.5 Å². The highest BCUT2D eigenvalue weighted by atomic mass is 79.9. The fourth-order valence-electron chi connectivity index (χ4n) is 4.92. The van der Waals surface area contributed by atoms with E-state index < -0.39 is 17.8 Å². The molecule has 0 atom stereocenters. The number of imide groups is 2. The molecular formula is C33H28BrClN2O7. The number of anilines is 1. The molecule has 0 aliphatic carbocycles. The SMILES string of the molecule is CCOc1cc(/C=C2\C(=O)NC(=O)N(c3cc(OC)c(Cl)cc3OC)C2=O)cc(Br)c1OCc1c(C)ccc2ccccc12. The van der Waals surface area contributed by atoms with Crippen LogP contribution >= 0.6 is 27.5 Å². The van der Waals surface area contributed by atoms with Gasteiger partial charge in [0, 0.05) is 17.7 Å². The molecule has 4 aromatic rings. The third kappa shape index (κ3) is 5.95. The smallest absolute Gasteiger partial charge is 0.336 e. The zero-order valence-corrected chi connectivity index (χ0v) is 26.7. The lowest BCUT2D eigenvalue weighted by atomic mass is 10.0. The third-order valence-corrected chi connectivity index (χ3v) is 7.96. The molecule has 1 aliphatic rings. The average molecular weight is 680 g/mol. The fraction of sp³-hybridized carbons (Fsp3) is 0.182. The Morgan fingerprint density at radius 2 is 1.68 bits per heavy atom. The molecule has 1 heterocycles. The number of hydrogen-bond acceptors (Lipinski definition) is 7. The summed E-state index contributed by atoms with van der Waals surface area (Å²) in [6, 6.07) is 17.5. The first-order valence-corrected chi connectivity index (χ1v) is 14.7. The van der Waals surface area contributed by atoms with Crippen LogP contribution in [-0.2, 0) is 16.2 Å². The summed E-state index contributed by atoms with van der Waals surface area (Å²) in [7, 11) is 2.77. The zero-order valence-electron chi connectivity index (χ0n) is 24.3. The molecule has 0 bridgehead atoms. The Kier molecular flexibility index (Phi) is 9.12. The molecular weight excluding hydrogens is 652 g/mol. The molecule has 226 valence electrons. The highest BCUT2D eigenvalue weighted by Gasteiger charge is 2.38. The van der Waals surface area contributed by atoms with E-state index in [1.165, 1.54) is 32.4 Å². The molecule has 0 radical (unpaired) electrons. The van der Waals surface area contributed by atoms with Crippen LogP contribution in [0.25, 0.3) is 16.8 Å². The van der Waals surface area contributed by atoms with E-state index in [0.29, 0.717) is 28.1 Å². The number of nitrogens with zero attached hydrogens (tertiary/aromatic N) is 1. The molecule has 0 spiro atoms. The first-order valence-electron chi connectivity index (χ1n) is 13.6. The number of carbonyl (C=O) groups excluding carboxylic acids is 3. The molecule has 4 amide bonds. The molecule has 5 rings (SSSR count). The summed E-state index contributed by atoms with van der Waals surface area (Å²) >= 11 is 9.79. The van der Waals surface area contributed by atoms with Gasteiger partial charge in [-0.05, 0) is 69.9 Å². The van der Waals surface area contributed by atoms with Gasteiger partial charge in [-0.15, -0.1) is 0 Å². The largest absolute Gasteiger partial charge is 0.495 e. The average Bonchev–Trinajstić information content (AvgIpc) is 3.00. The quantitative estimate of drug-likeness (QED) is 0.147. The number of urea groups is 1. The lowest BCUT2D eigenvalue weighted by Gasteiger charge is -2.28. The van der Waals surface area contributed by atoms with Crippen LogP contribution in [0.15, 0.2) is 70.7 Å². The second kappa shape index (κ2) is 13.0. The molecule has 0 aromatic heterocycles. The second-order valence-electron chi connectivity index (χ2n) is 9.75. The molecule has 4 aromatic carbocycles. The van der Waals surface area contributed by atoms with Crippen LogP contribution in [-0.4, -0.2) is 38.7 Å². The standard InChI is InChI=1S/C33H28BrClN2O7/c1-5-43-29-14-19(13-24(34)30(29)44-17-23-18(2)10-11-20-8-6-7-9-21(20)23)12-22-31(38)36-33(40)37(32(22)39)26-16-27(41-3)25(35)15-28(26)42-4/h6-16H,5,17H2,1-4H3,(H,36,38,40)/b22-12+. The van der Waals surface area contributed by atoms with Crippen molar-refractivity contribution in [2.75, 3.05) is 25.7 Å². The van der Waals surface area contributed by atoms with E-state index in [9.17, 15) is 14.4 Å². The highest BCUT2D eigenvalue weighted by molar-refractivity contribution is 9.10.